The molecule has 2 aromatic heterocycles. The van der Waals surface area contributed by atoms with Crippen LogP contribution in [0, 0.1) is 11.7 Å². The Bertz CT molecular complexity index is 1180. The van der Waals surface area contributed by atoms with Gasteiger partial charge in [-0.15, -0.1) is 0 Å². The fraction of sp³-hybridized carbons (Fsp3) is 0.100. The van der Waals surface area contributed by atoms with Crippen LogP contribution < -0.4 is 4.74 Å². The molecule has 6 heteroatoms. The molecule has 0 saturated heterocycles. The summed E-state index contributed by atoms with van der Waals surface area (Å²) < 4.78 is 7.71. The van der Waals surface area contributed by atoms with Gasteiger partial charge in [-0.1, -0.05) is 35.9 Å². The Labute approximate surface area is 161 Å². The first-order chi connectivity index (χ1) is 12.6. The molecule has 0 aliphatic heterocycles. The van der Waals surface area contributed by atoms with Gasteiger partial charge in [0.2, 0.25) is 4.77 Å². The molecule has 0 aliphatic rings. The van der Waals surface area contributed by atoms with Gasteiger partial charge in [0.25, 0.3) is 0 Å². The lowest BCUT2D eigenvalue weighted by Crippen LogP contribution is -1.94. The van der Waals surface area contributed by atoms with Crippen molar-refractivity contribution in [1.82, 2.24) is 14.4 Å². The van der Waals surface area contributed by atoms with Crippen LogP contribution in [0.15, 0.2) is 54.9 Å². The van der Waals surface area contributed by atoms with Gasteiger partial charge in [-0.25, -0.2) is 4.98 Å². The monoisotopic (exact) mass is 381 g/mol. The second-order valence-electron chi connectivity index (χ2n) is 5.99. The maximum Gasteiger partial charge on any atom is 0.205 e. The van der Waals surface area contributed by atoms with Crippen molar-refractivity contribution in [2.24, 2.45) is 0 Å². The molecule has 130 valence electrons. The Morgan fingerprint density at radius 2 is 1.96 bits per heavy atom. The number of benzene rings is 2. The summed E-state index contributed by atoms with van der Waals surface area (Å²) in [6.07, 6.45) is 3.75. The van der Waals surface area contributed by atoms with E-state index in [1.165, 1.54) is 0 Å². The third-order valence-corrected chi connectivity index (χ3v) is 5.17. The Morgan fingerprint density at radius 3 is 2.77 bits per heavy atom. The number of nitrogens with one attached hydrogen (secondary N) is 1. The van der Waals surface area contributed by atoms with Gasteiger partial charge < -0.3 is 9.72 Å². The maximum atomic E-state index is 6.31. The lowest BCUT2D eigenvalue weighted by Gasteiger charge is -2.08. The molecule has 0 bridgehead atoms. The minimum absolute atomic E-state index is 0.494. The van der Waals surface area contributed by atoms with Gasteiger partial charge in [0, 0.05) is 28.5 Å². The zero-order chi connectivity index (χ0) is 18.3. The number of fused-ring (bicyclic) bond motifs is 1. The van der Waals surface area contributed by atoms with Crippen molar-refractivity contribution in [2.75, 3.05) is 7.11 Å². The highest BCUT2D eigenvalue weighted by molar-refractivity contribution is 7.71. The summed E-state index contributed by atoms with van der Waals surface area (Å²) in [7, 11) is 1.66. The highest BCUT2D eigenvalue weighted by atomic mass is 35.5. The molecule has 0 unspecified atom stereocenters. The molecule has 0 fully saturated rings. The summed E-state index contributed by atoms with van der Waals surface area (Å²) in [5.41, 5.74) is 5.81. The normalized spacial score (nSPS) is 11.0. The molecule has 0 saturated carbocycles. The predicted octanol–water partition coefficient (Wildman–Crippen LogP) is 5.70. The molecule has 0 amide bonds. The number of aromatic amines is 1. The summed E-state index contributed by atoms with van der Waals surface area (Å²) in [4.78, 5) is 7.86. The molecule has 0 aliphatic carbocycles. The molecule has 2 aromatic carbocycles. The van der Waals surface area contributed by atoms with E-state index in [1.807, 2.05) is 60.0 Å². The molecule has 4 aromatic rings. The first-order valence-corrected chi connectivity index (χ1v) is 8.87. The number of H-pyrrole nitrogens is 1. The Kier molecular flexibility index (Phi) is 4.26. The lowest BCUT2D eigenvalue weighted by atomic mass is 10.0. The van der Waals surface area contributed by atoms with E-state index in [4.69, 9.17) is 28.6 Å². The van der Waals surface area contributed by atoms with Crippen LogP contribution >= 0.6 is 23.8 Å². The average Bonchev–Trinajstić information content (AvgIpc) is 3.11. The highest BCUT2D eigenvalue weighted by Crippen LogP contribution is 2.32. The van der Waals surface area contributed by atoms with Gasteiger partial charge >= 0.3 is 0 Å². The van der Waals surface area contributed by atoms with Crippen molar-refractivity contribution in [3.05, 3.63) is 70.2 Å². The SMILES string of the molecule is COc1cccc(-c2cn3c(=S)ncc(-c4cccc(Cl)c4C)c3[nH]2)c1. The van der Waals surface area contributed by atoms with Crippen LogP contribution in [0.5, 0.6) is 5.75 Å². The van der Waals surface area contributed by atoms with E-state index in [2.05, 4.69) is 9.97 Å². The third kappa shape index (κ3) is 2.79. The van der Waals surface area contributed by atoms with Crippen LogP contribution in [0.1, 0.15) is 5.56 Å². The van der Waals surface area contributed by atoms with Crippen molar-refractivity contribution >= 4 is 29.5 Å². The van der Waals surface area contributed by atoms with E-state index in [0.717, 1.165) is 44.4 Å². The van der Waals surface area contributed by atoms with Gasteiger partial charge in [-0.3, -0.25) is 4.40 Å². The topological polar surface area (TPSA) is 42.3 Å². The number of rotatable bonds is 3. The standard InChI is InChI=1S/C20H16ClN3OS/c1-12-15(7-4-8-17(12)21)16-10-22-20(26)24-11-18(23-19(16)24)13-5-3-6-14(9-13)25-2/h3-11,23H,1-2H3. The largest absolute Gasteiger partial charge is 0.497 e. The van der Waals surface area contributed by atoms with Crippen molar-refractivity contribution < 1.29 is 4.74 Å². The number of ether oxygens (including phenoxy) is 1. The first-order valence-electron chi connectivity index (χ1n) is 8.09. The van der Waals surface area contributed by atoms with Crippen LogP contribution in [0.3, 0.4) is 0 Å². The molecule has 4 nitrogen and oxygen atoms in total. The zero-order valence-electron chi connectivity index (χ0n) is 14.3. The van der Waals surface area contributed by atoms with E-state index in [1.54, 1.807) is 13.3 Å². The number of hydrogen-bond donors (Lipinski definition) is 1. The summed E-state index contributed by atoms with van der Waals surface area (Å²) in [5, 5.41) is 0.725. The van der Waals surface area contributed by atoms with Crippen molar-refractivity contribution in [3.8, 4) is 28.1 Å². The van der Waals surface area contributed by atoms with E-state index in [-0.39, 0.29) is 0 Å². The van der Waals surface area contributed by atoms with Crippen LogP contribution in [0.4, 0.5) is 0 Å². The molecule has 26 heavy (non-hydrogen) atoms. The molecule has 0 radical (unpaired) electrons. The quantitative estimate of drug-likeness (QED) is 0.463. The third-order valence-electron chi connectivity index (χ3n) is 4.46. The van der Waals surface area contributed by atoms with Crippen molar-refractivity contribution in [2.45, 2.75) is 6.92 Å². The average molecular weight is 382 g/mol. The van der Waals surface area contributed by atoms with Gasteiger partial charge in [0.1, 0.15) is 11.4 Å². The Balaban J connectivity index is 1.97. The van der Waals surface area contributed by atoms with Crippen LogP contribution in [-0.2, 0) is 0 Å². The molecular weight excluding hydrogens is 366 g/mol. The Morgan fingerprint density at radius 1 is 1.15 bits per heavy atom. The number of nitrogens with zero attached hydrogens (tertiary/aromatic N) is 2. The van der Waals surface area contributed by atoms with Gasteiger partial charge in [-0.2, -0.15) is 0 Å². The van der Waals surface area contributed by atoms with Gasteiger partial charge in [-0.05, 0) is 48.5 Å². The molecule has 1 N–H and O–H groups in total. The van der Waals surface area contributed by atoms with Crippen molar-refractivity contribution in [1.29, 1.82) is 0 Å². The number of methoxy groups -OCH3 is 1. The summed E-state index contributed by atoms with van der Waals surface area (Å²) >= 11 is 11.7. The number of imidazole rings is 1. The number of halogens is 1. The minimum Gasteiger partial charge on any atom is -0.497 e. The van der Waals surface area contributed by atoms with Crippen molar-refractivity contribution in [3.63, 3.8) is 0 Å². The number of hydrogen-bond acceptors (Lipinski definition) is 3. The van der Waals surface area contributed by atoms with E-state index in [0.29, 0.717) is 4.77 Å². The van der Waals surface area contributed by atoms with E-state index < -0.39 is 0 Å². The first kappa shape index (κ1) is 16.8. The summed E-state index contributed by atoms with van der Waals surface area (Å²) in [6, 6.07) is 13.7. The zero-order valence-corrected chi connectivity index (χ0v) is 15.9. The predicted molar refractivity (Wildman–Crippen MR) is 108 cm³/mol. The minimum atomic E-state index is 0.494. The smallest absolute Gasteiger partial charge is 0.205 e. The van der Waals surface area contributed by atoms with Gasteiger partial charge in [0.05, 0.1) is 12.8 Å². The second-order valence-corrected chi connectivity index (χ2v) is 6.76. The highest BCUT2D eigenvalue weighted by Gasteiger charge is 2.13. The summed E-state index contributed by atoms with van der Waals surface area (Å²) in [5.74, 6) is 0.800. The second kappa shape index (κ2) is 6.59. The summed E-state index contributed by atoms with van der Waals surface area (Å²) in [6.45, 7) is 2.00. The van der Waals surface area contributed by atoms with Gasteiger partial charge in [0.15, 0.2) is 0 Å². The van der Waals surface area contributed by atoms with E-state index >= 15 is 0 Å². The lowest BCUT2D eigenvalue weighted by molar-refractivity contribution is 0.415. The number of aromatic nitrogens is 3. The van der Waals surface area contributed by atoms with Crippen LogP contribution in [0.2, 0.25) is 5.02 Å². The molecule has 0 spiro atoms. The fourth-order valence-corrected chi connectivity index (χ4v) is 3.41. The fourth-order valence-electron chi connectivity index (χ4n) is 3.04. The van der Waals surface area contributed by atoms with E-state index in [9.17, 15) is 0 Å². The molecule has 2 heterocycles. The maximum absolute atomic E-state index is 6.31. The van der Waals surface area contributed by atoms with Crippen LogP contribution in [0.25, 0.3) is 28.0 Å². The molecule has 0 atom stereocenters. The molecular formula is C20H16ClN3OS. The van der Waals surface area contributed by atoms with Crippen LogP contribution in [-0.4, -0.2) is 21.5 Å². The molecule has 4 rings (SSSR count). The Hall–Kier alpha value is -2.63.